The van der Waals surface area contributed by atoms with Gasteiger partial charge in [0.2, 0.25) is 0 Å². The van der Waals surface area contributed by atoms with Crippen molar-refractivity contribution in [1.29, 1.82) is 0 Å². The van der Waals surface area contributed by atoms with Crippen molar-refractivity contribution in [3.05, 3.63) is 77.4 Å². The molecule has 1 N–H and O–H groups in total. The van der Waals surface area contributed by atoms with Gasteiger partial charge in [-0.2, -0.15) is 13.2 Å². The van der Waals surface area contributed by atoms with E-state index in [4.69, 9.17) is 4.74 Å². The Labute approximate surface area is 148 Å². The summed E-state index contributed by atoms with van der Waals surface area (Å²) in [5.41, 5.74) is 1.05. The predicted octanol–water partition coefficient (Wildman–Crippen LogP) is 4.37. The SMILES string of the molecule is O=C(NCC=Cc1ccc(C(=O)C(F)(F)F)cc1)OCc1ccccc1. The molecule has 136 valence electrons. The lowest BCUT2D eigenvalue weighted by molar-refractivity contribution is -0.0885. The zero-order valence-corrected chi connectivity index (χ0v) is 13.6. The Bertz CT molecular complexity index is 769. The minimum absolute atomic E-state index is 0.158. The van der Waals surface area contributed by atoms with Crippen LogP contribution in [0.15, 0.2) is 60.7 Å². The Morgan fingerprint density at radius 3 is 2.27 bits per heavy atom. The monoisotopic (exact) mass is 363 g/mol. The van der Waals surface area contributed by atoms with E-state index in [2.05, 4.69) is 5.32 Å². The van der Waals surface area contributed by atoms with Crippen LogP contribution in [0.2, 0.25) is 0 Å². The number of ether oxygens (including phenoxy) is 1. The number of hydrogen-bond acceptors (Lipinski definition) is 3. The molecule has 0 aliphatic carbocycles. The average Bonchev–Trinajstić information content (AvgIpc) is 2.63. The number of amides is 1. The standard InChI is InChI=1S/C19H16F3NO3/c20-19(21,22)17(24)16-10-8-14(9-11-16)7-4-12-23-18(25)26-13-15-5-2-1-3-6-15/h1-11H,12-13H2,(H,23,25). The highest BCUT2D eigenvalue weighted by Crippen LogP contribution is 2.21. The number of alkyl carbamates (subject to hydrolysis) is 1. The second kappa shape index (κ2) is 8.84. The summed E-state index contributed by atoms with van der Waals surface area (Å²) < 4.78 is 42.0. The molecule has 0 heterocycles. The third-order valence-electron chi connectivity index (χ3n) is 3.32. The van der Waals surface area contributed by atoms with Crippen molar-refractivity contribution >= 4 is 18.0 Å². The van der Waals surface area contributed by atoms with Crippen molar-refractivity contribution in [2.75, 3.05) is 6.54 Å². The molecule has 0 saturated carbocycles. The van der Waals surface area contributed by atoms with Gasteiger partial charge in [0, 0.05) is 12.1 Å². The van der Waals surface area contributed by atoms with Crippen LogP contribution in [0.5, 0.6) is 0 Å². The van der Waals surface area contributed by atoms with Gasteiger partial charge < -0.3 is 10.1 Å². The molecule has 1 amide bonds. The van der Waals surface area contributed by atoms with Gasteiger partial charge in [-0.25, -0.2) is 4.79 Å². The Kier molecular flexibility index (Phi) is 6.54. The molecule has 0 aromatic heterocycles. The first kappa shape index (κ1) is 19.2. The van der Waals surface area contributed by atoms with Crippen molar-refractivity contribution in [2.45, 2.75) is 12.8 Å². The average molecular weight is 363 g/mol. The molecule has 0 spiro atoms. The molecule has 0 saturated heterocycles. The van der Waals surface area contributed by atoms with Gasteiger partial charge in [-0.1, -0.05) is 66.7 Å². The molecule has 2 aromatic carbocycles. The normalized spacial score (nSPS) is 11.3. The van der Waals surface area contributed by atoms with Crippen molar-refractivity contribution in [1.82, 2.24) is 5.32 Å². The smallest absolute Gasteiger partial charge is 0.445 e. The van der Waals surface area contributed by atoms with Gasteiger partial charge in [-0.05, 0) is 11.1 Å². The third-order valence-corrected chi connectivity index (χ3v) is 3.32. The second-order valence-electron chi connectivity index (χ2n) is 5.29. The van der Waals surface area contributed by atoms with E-state index >= 15 is 0 Å². The number of carbonyl (C=O) groups excluding carboxylic acids is 2. The zero-order valence-electron chi connectivity index (χ0n) is 13.6. The number of benzene rings is 2. The van der Waals surface area contributed by atoms with Gasteiger partial charge >= 0.3 is 12.3 Å². The number of carbonyl (C=O) groups is 2. The Morgan fingerprint density at radius 1 is 1.00 bits per heavy atom. The highest BCUT2D eigenvalue weighted by Gasteiger charge is 2.39. The molecular formula is C19H16F3NO3. The van der Waals surface area contributed by atoms with Crippen molar-refractivity contribution in [2.24, 2.45) is 0 Å². The van der Waals surface area contributed by atoms with Crippen molar-refractivity contribution in [3.8, 4) is 0 Å². The molecule has 0 bridgehead atoms. The number of rotatable bonds is 6. The Morgan fingerprint density at radius 2 is 1.65 bits per heavy atom. The van der Waals surface area contributed by atoms with E-state index in [-0.39, 0.29) is 13.2 Å². The Balaban J connectivity index is 1.76. The van der Waals surface area contributed by atoms with Gasteiger partial charge in [-0.3, -0.25) is 4.79 Å². The molecule has 0 atom stereocenters. The van der Waals surface area contributed by atoms with Crippen LogP contribution in [0, 0.1) is 0 Å². The first-order chi connectivity index (χ1) is 12.4. The lowest BCUT2D eigenvalue weighted by atomic mass is 10.1. The molecule has 26 heavy (non-hydrogen) atoms. The van der Waals surface area contributed by atoms with Crippen LogP contribution in [0.25, 0.3) is 6.08 Å². The second-order valence-corrected chi connectivity index (χ2v) is 5.29. The number of alkyl halides is 3. The van der Waals surface area contributed by atoms with E-state index in [9.17, 15) is 22.8 Å². The summed E-state index contributed by atoms with van der Waals surface area (Å²) in [6, 6.07) is 14.2. The summed E-state index contributed by atoms with van der Waals surface area (Å²) in [7, 11) is 0. The Hall–Kier alpha value is -3.09. The number of nitrogens with one attached hydrogen (secondary N) is 1. The third kappa shape index (κ3) is 6.08. The van der Waals surface area contributed by atoms with Gasteiger partial charge in [-0.15, -0.1) is 0 Å². The summed E-state index contributed by atoms with van der Waals surface area (Å²) in [5, 5.41) is 2.52. The molecule has 0 aliphatic heterocycles. The van der Waals surface area contributed by atoms with Crippen LogP contribution in [0.4, 0.5) is 18.0 Å². The minimum Gasteiger partial charge on any atom is -0.445 e. The number of hydrogen-bond donors (Lipinski definition) is 1. The maximum Gasteiger partial charge on any atom is 0.454 e. The van der Waals surface area contributed by atoms with Crippen LogP contribution < -0.4 is 5.32 Å². The largest absolute Gasteiger partial charge is 0.454 e. The predicted molar refractivity (Wildman–Crippen MR) is 90.5 cm³/mol. The van der Waals surface area contributed by atoms with E-state index < -0.39 is 23.6 Å². The highest BCUT2D eigenvalue weighted by atomic mass is 19.4. The van der Waals surface area contributed by atoms with Crippen LogP contribution in [0.3, 0.4) is 0 Å². The fourth-order valence-electron chi connectivity index (χ4n) is 2.02. The highest BCUT2D eigenvalue weighted by molar-refractivity contribution is 6.00. The first-order valence-corrected chi connectivity index (χ1v) is 7.69. The van der Waals surface area contributed by atoms with Crippen LogP contribution in [-0.2, 0) is 11.3 Å². The number of Topliss-reactive ketones (excluding diaryl/α,β-unsaturated/α-hetero) is 1. The van der Waals surface area contributed by atoms with Gasteiger partial charge in [0.1, 0.15) is 6.61 Å². The lowest BCUT2D eigenvalue weighted by Gasteiger charge is -2.05. The summed E-state index contributed by atoms with van der Waals surface area (Å²) in [6.07, 6.45) is -2.24. The number of halogens is 3. The van der Waals surface area contributed by atoms with E-state index in [1.54, 1.807) is 12.2 Å². The van der Waals surface area contributed by atoms with Gasteiger partial charge in [0.25, 0.3) is 5.78 Å². The van der Waals surface area contributed by atoms with Crippen LogP contribution >= 0.6 is 0 Å². The topological polar surface area (TPSA) is 55.4 Å². The molecule has 0 unspecified atom stereocenters. The van der Waals surface area contributed by atoms with Crippen LogP contribution in [0.1, 0.15) is 21.5 Å². The minimum atomic E-state index is -4.89. The lowest BCUT2D eigenvalue weighted by Crippen LogP contribution is -2.24. The maximum atomic E-state index is 12.3. The van der Waals surface area contributed by atoms with E-state index in [0.717, 1.165) is 17.7 Å². The van der Waals surface area contributed by atoms with Crippen molar-refractivity contribution in [3.63, 3.8) is 0 Å². The van der Waals surface area contributed by atoms with Gasteiger partial charge in [0.15, 0.2) is 0 Å². The van der Waals surface area contributed by atoms with Crippen molar-refractivity contribution < 1.29 is 27.5 Å². The van der Waals surface area contributed by atoms with E-state index in [1.807, 2.05) is 30.3 Å². The molecule has 4 nitrogen and oxygen atoms in total. The summed E-state index contributed by atoms with van der Waals surface area (Å²) in [5.74, 6) is -1.88. The molecule has 7 heteroatoms. The maximum absolute atomic E-state index is 12.3. The summed E-state index contributed by atoms with van der Waals surface area (Å²) in [6.45, 7) is 0.349. The molecule has 0 aliphatic rings. The van der Waals surface area contributed by atoms with Gasteiger partial charge in [0.05, 0.1) is 0 Å². The molecule has 0 fully saturated rings. The first-order valence-electron chi connectivity index (χ1n) is 7.69. The summed E-state index contributed by atoms with van der Waals surface area (Å²) in [4.78, 5) is 22.6. The quantitative estimate of drug-likeness (QED) is 0.776. The number of ketones is 1. The molecule has 2 rings (SSSR count). The molecule has 2 aromatic rings. The summed E-state index contributed by atoms with van der Waals surface area (Å²) >= 11 is 0. The van der Waals surface area contributed by atoms with E-state index in [0.29, 0.717) is 5.56 Å². The van der Waals surface area contributed by atoms with E-state index in [1.165, 1.54) is 12.1 Å². The molecular weight excluding hydrogens is 347 g/mol. The fourth-order valence-corrected chi connectivity index (χ4v) is 2.02. The zero-order chi connectivity index (χ0) is 19.0. The fraction of sp³-hybridized carbons (Fsp3) is 0.158. The van der Waals surface area contributed by atoms with Crippen LogP contribution in [-0.4, -0.2) is 24.6 Å². The molecule has 0 radical (unpaired) electrons.